The van der Waals surface area contributed by atoms with Crippen LogP contribution in [0.1, 0.15) is 21.5 Å². The van der Waals surface area contributed by atoms with E-state index >= 15 is 0 Å². The molecule has 0 spiro atoms. The Morgan fingerprint density at radius 1 is 0.806 bits per heavy atom. The quantitative estimate of drug-likeness (QED) is 0.232. The van der Waals surface area contributed by atoms with Crippen molar-refractivity contribution in [1.82, 2.24) is 21.7 Å². The van der Waals surface area contributed by atoms with Crippen LogP contribution >= 0.6 is 0 Å². The third-order valence-electron chi connectivity index (χ3n) is 4.83. The van der Waals surface area contributed by atoms with Crippen molar-refractivity contribution in [2.75, 3.05) is 6.79 Å². The van der Waals surface area contributed by atoms with Crippen molar-refractivity contribution >= 4 is 5.97 Å². The summed E-state index contributed by atoms with van der Waals surface area (Å²) in [7, 11) is 0. The van der Waals surface area contributed by atoms with Gasteiger partial charge in [-0.15, -0.1) is 0 Å². The molecule has 2 aliphatic rings. The Hall–Kier alpha value is -2.87. The summed E-state index contributed by atoms with van der Waals surface area (Å²) in [5.74, 6) is -0.801. The molecule has 2 saturated heterocycles. The first-order valence-electron chi connectivity index (χ1n) is 8.72. The number of hydrazine groups is 2. The minimum absolute atomic E-state index is 0.0814. The van der Waals surface area contributed by atoms with Gasteiger partial charge < -0.3 is 9.47 Å². The number of benzene rings is 2. The molecule has 0 amide bonds. The molecule has 0 unspecified atom stereocenters. The topological polar surface area (TPSA) is 123 Å². The van der Waals surface area contributed by atoms with Crippen molar-refractivity contribution < 1.29 is 40.6 Å². The summed E-state index contributed by atoms with van der Waals surface area (Å²) in [6.45, 7) is -0.593. The predicted octanol–water partition coefficient (Wildman–Crippen LogP) is 2.53. The van der Waals surface area contributed by atoms with Gasteiger partial charge in [0, 0.05) is 0 Å². The van der Waals surface area contributed by atoms with Crippen LogP contribution in [0.5, 0.6) is 5.75 Å². The number of carbonyl (C=O) groups is 1. The average Bonchev–Trinajstić information content (AvgIpc) is 3.60. The van der Waals surface area contributed by atoms with Gasteiger partial charge in [-0.1, -0.05) is 24.3 Å². The zero-order valence-electron chi connectivity index (χ0n) is 15.3. The van der Waals surface area contributed by atoms with Crippen molar-refractivity contribution in [3.63, 3.8) is 0 Å². The molecule has 2 heterocycles. The zero-order valence-corrected chi connectivity index (χ0v) is 15.3. The van der Waals surface area contributed by atoms with Crippen LogP contribution in [-0.4, -0.2) is 25.1 Å². The molecule has 0 atom stereocenters. The summed E-state index contributed by atoms with van der Waals surface area (Å²) in [4.78, 5) is 12.1. The Balaban J connectivity index is 1.35. The molecule has 2 aromatic carbocycles. The Labute approximate surface area is 170 Å². The molecule has 2 aliphatic heterocycles. The fourth-order valence-corrected chi connectivity index (χ4v) is 2.94. The van der Waals surface area contributed by atoms with Gasteiger partial charge in [-0.25, -0.2) is 26.5 Å². The Morgan fingerprint density at radius 3 is 1.87 bits per heavy atom. The van der Waals surface area contributed by atoms with E-state index in [2.05, 4.69) is 10.9 Å². The molecular weight excluding hydrogens is 434 g/mol. The van der Waals surface area contributed by atoms with Gasteiger partial charge in [0.05, 0.1) is 5.56 Å². The van der Waals surface area contributed by atoms with Crippen LogP contribution in [0.4, 0.5) is 26.3 Å². The maximum atomic E-state index is 13.1. The summed E-state index contributed by atoms with van der Waals surface area (Å²) in [5, 5.41) is 0. The standard InChI is InChI=1S/C18H14F6N4O3/c19-17(20,21)15(25-26-15)11-4-6-13(7-5-11)30-9-31-14(29)10-2-1-3-12(8-10)16(27-28-16)18(22,23)24/h1-8,25-28H,9H2. The monoisotopic (exact) mass is 448 g/mol. The fraction of sp³-hybridized carbons (Fsp3) is 0.278. The van der Waals surface area contributed by atoms with Crippen LogP contribution in [0.2, 0.25) is 0 Å². The van der Waals surface area contributed by atoms with Crippen LogP contribution < -0.4 is 26.4 Å². The number of hydrogen-bond donors (Lipinski definition) is 4. The maximum Gasteiger partial charge on any atom is 0.426 e. The van der Waals surface area contributed by atoms with Gasteiger partial charge in [-0.05, 0) is 35.4 Å². The van der Waals surface area contributed by atoms with E-state index in [1.54, 1.807) is 0 Å². The molecular formula is C18H14F6N4O3. The number of rotatable bonds is 6. The fourth-order valence-electron chi connectivity index (χ4n) is 2.94. The third-order valence-corrected chi connectivity index (χ3v) is 4.83. The second kappa shape index (κ2) is 7.09. The van der Waals surface area contributed by atoms with Gasteiger partial charge in [0.25, 0.3) is 0 Å². The van der Waals surface area contributed by atoms with Crippen molar-refractivity contribution in [1.29, 1.82) is 0 Å². The van der Waals surface area contributed by atoms with E-state index < -0.39 is 36.4 Å². The summed E-state index contributed by atoms with van der Waals surface area (Å²) in [6.07, 6.45) is -9.17. The predicted molar refractivity (Wildman–Crippen MR) is 91.8 cm³/mol. The van der Waals surface area contributed by atoms with Crippen molar-refractivity contribution in [3.8, 4) is 5.75 Å². The third kappa shape index (κ3) is 3.80. The number of nitrogens with one attached hydrogen (secondary N) is 4. The lowest BCUT2D eigenvalue weighted by molar-refractivity contribution is -0.166. The van der Waals surface area contributed by atoms with E-state index in [1.165, 1.54) is 42.5 Å². The van der Waals surface area contributed by atoms with Gasteiger partial charge in [-0.3, -0.25) is 0 Å². The molecule has 13 heteroatoms. The lowest BCUT2D eigenvalue weighted by Crippen LogP contribution is -2.35. The lowest BCUT2D eigenvalue weighted by atomic mass is 10.0. The normalized spacial score (nSPS) is 18.9. The van der Waals surface area contributed by atoms with E-state index in [9.17, 15) is 31.1 Å². The number of esters is 1. The molecule has 0 bridgehead atoms. The smallest absolute Gasteiger partial charge is 0.426 e. The second-order valence-electron chi connectivity index (χ2n) is 6.79. The highest BCUT2D eigenvalue weighted by molar-refractivity contribution is 5.89. The first-order chi connectivity index (χ1) is 14.5. The molecule has 2 aromatic rings. The molecule has 4 rings (SSSR count). The highest BCUT2D eigenvalue weighted by Gasteiger charge is 2.66. The molecule has 0 radical (unpaired) electrons. The van der Waals surface area contributed by atoms with Crippen LogP contribution in [0.25, 0.3) is 0 Å². The van der Waals surface area contributed by atoms with Crippen LogP contribution in [0.3, 0.4) is 0 Å². The highest BCUT2D eigenvalue weighted by Crippen LogP contribution is 2.43. The highest BCUT2D eigenvalue weighted by atomic mass is 19.4. The van der Waals surface area contributed by atoms with Crippen LogP contribution in [0.15, 0.2) is 48.5 Å². The molecule has 4 N–H and O–H groups in total. The number of alkyl halides is 6. The largest absolute Gasteiger partial charge is 0.457 e. The molecule has 0 aromatic heterocycles. The summed E-state index contributed by atoms with van der Waals surface area (Å²) in [6, 6.07) is 9.68. The molecule has 0 aliphatic carbocycles. The van der Waals surface area contributed by atoms with Crippen molar-refractivity contribution in [2.24, 2.45) is 0 Å². The number of carbonyl (C=O) groups excluding carboxylic acids is 1. The van der Waals surface area contributed by atoms with Gasteiger partial charge >= 0.3 is 18.3 Å². The Kier molecular flexibility index (Phi) is 4.88. The molecule has 0 saturated carbocycles. The molecule has 31 heavy (non-hydrogen) atoms. The first-order valence-corrected chi connectivity index (χ1v) is 8.72. The Morgan fingerprint density at radius 2 is 1.35 bits per heavy atom. The average molecular weight is 448 g/mol. The van der Waals surface area contributed by atoms with E-state index in [1.807, 2.05) is 10.9 Å². The minimum atomic E-state index is -4.62. The molecule has 7 nitrogen and oxygen atoms in total. The summed E-state index contributed by atoms with van der Waals surface area (Å²) in [5.41, 5.74) is 3.05. The van der Waals surface area contributed by atoms with Gasteiger partial charge in [-0.2, -0.15) is 26.3 Å². The number of hydrogen-bond acceptors (Lipinski definition) is 7. The number of halogens is 6. The summed E-state index contributed by atoms with van der Waals surface area (Å²) < 4.78 is 88.5. The lowest BCUT2D eigenvalue weighted by Gasteiger charge is -2.17. The minimum Gasteiger partial charge on any atom is -0.457 e. The zero-order chi connectivity index (χ0) is 22.5. The second-order valence-corrected chi connectivity index (χ2v) is 6.79. The van der Waals surface area contributed by atoms with Crippen LogP contribution in [-0.2, 0) is 16.1 Å². The van der Waals surface area contributed by atoms with E-state index in [-0.39, 0.29) is 22.4 Å². The Bertz CT molecular complexity index is 985. The first kappa shape index (κ1) is 21.4. The molecule has 166 valence electrons. The van der Waals surface area contributed by atoms with Crippen LogP contribution in [0, 0.1) is 0 Å². The van der Waals surface area contributed by atoms with E-state index in [0.29, 0.717) is 0 Å². The van der Waals surface area contributed by atoms with E-state index in [4.69, 9.17) is 9.47 Å². The SMILES string of the molecule is O=C(OCOc1ccc(C2(C(F)(F)F)NN2)cc1)c1cccc(C2(C(F)(F)F)NN2)c1. The van der Waals surface area contributed by atoms with Gasteiger partial charge in [0.15, 0.2) is 0 Å². The summed E-state index contributed by atoms with van der Waals surface area (Å²) >= 11 is 0. The van der Waals surface area contributed by atoms with Gasteiger partial charge in [0.2, 0.25) is 18.1 Å². The van der Waals surface area contributed by atoms with Gasteiger partial charge in [0.1, 0.15) is 5.75 Å². The maximum absolute atomic E-state index is 13.1. The molecule has 2 fully saturated rings. The van der Waals surface area contributed by atoms with Crippen molar-refractivity contribution in [2.45, 2.75) is 23.7 Å². The van der Waals surface area contributed by atoms with E-state index in [0.717, 1.165) is 6.07 Å². The number of ether oxygens (including phenoxy) is 2. The van der Waals surface area contributed by atoms with Crippen molar-refractivity contribution in [3.05, 3.63) is 65.2 Å².